The smallest absolute Gasteiger partial charge is 0.319 e. The van der Waals surface area contributed by atoms with Crippen LogP contribution >= 0.6 is 0 Å². The quantitative estimate of drug-likeness (QED) is 0.710. The zero-order valence-corrected chi connectivity index (χ0v) is 14.2. The molecule has 1 aromatic rings. The van der Waals surface area contributed by atoms with Crippen molar-refractivity contribution in [1.29, 1.82) is 0 Å². The number of nitrogens with zero attached hydrogens (tertiary/aromatic N) is 3. The molecule has 0 spiro atoms. The Morgan fingerprint density at radius 1 is 1.30 bits per heavy atom. The summed E-state index contributed by atoms with van der Waals surface area (Å²) in [4.78, 5) is 14.4. The van der Waals surface area contributed by atoms with Crippen LogP contribution in [0.1, 0.15) is 33.1 Å². The van der Waals surface area contributed by atoms with E-state index >= 15 is 0 Å². The van der Waals surface area contributed by atoms with Gasteiger partial charge in [-0.1, -0.05) is 13.3 Å². The molecular weight excluding hydrogens is 294 g/mol. The summed E-state index contributed by atoms with van der Waals surface area (Å²) in [6, 6.07) is -0.359. The molecule has 1 aliphatic rings. The highest BCUT2D eigenvalue weighted by molar-refractivity contribution is 5.89. The van der Waals surface area contributed by atoms with Crippen molar-refractivity contribution in [2.75, 3.05) is 31.6 Å². The zero-order valence-electron chi connectivity index (χ0n) is 14.2. The standard InChI is InChI=1S/C16H29N5O2/c1-13(12-22)14(2)18-16(23)19-15-10-17-21(11-15)9-8-20-6-4-3-5-7-20/h10-11,13-14,22H,3-9,12H2,1-2H3,(H2,18,19,23). The lowest BCUT2D eigenvalue weighted by Gasteiger charge is -2.26. The van der Waals surface area contributed by atoms with Crippen LogP contribution in [0.5, 0.6) is 0 Å². The van der Waals surface area contributed by atoms with Gasteiger partial charge in [0.05, 0.1) is 18.4 Å². The molecule has 1 aromatic heterocycles. The molecule has 7 heteroatoms. The maximum atomic E-state index is 11.9. The van der Waals surface area contributed by atoms with Crippen LogP contribution in [0.4, 0.5) is 10.5 Å². The number of hydrogen-bond acceptors (Lipinski definition) is 4. The van der Waals surface area contributed by atoms with Crippen molar-refractivity contribution in [1.82, 2.24) is 20.0 Å². The molecule has 1 saturated heterocycles. The van der Waals surface area contributed by atoms with Gasteiger partial charge in [-0.05, 0) is 38.8 Å². The lowest BCUT2D eigenvalue weighted by atomic mass is 10.1. The van der Waals surface area contributed by atoms with Gasteiger partial charge in [-0.2, -0.15) is 5.10 Å². The van der Waals surface area contributed by atoms with E-state index in [0.717, 1.165) is 13.1 Å². The fourth-order valence-corrected chi connectivity index (χ4v) is 2.65. The molecule has 7 nitrogen and oxygen atoms in total. The summed E-state index contributed by atoms with van der Waals surface area (Å²) in [6.45, 7) is 8.01. The second kappa shape index (κ2) is 8.88. The lowest BCUT2D eigenvalue weighted by molar-refractivity contribution is 0.204. The number of rotatable bonds is 7. The van der Waals surface area contributed by atoms with E-state index in [2.05, 4.69) is 20.6 Å². The Morgan fingerprint density at radius 2 is 2.04 bits per heavy atom. The Bertz CT molecular complexity index is 485. The third-order valence-corrected chi connectivity index (χ3v) is 4.49. The van der Waals surface area contributed by atoms with Gasteiger partial charge in [0.2, 0.25) is 0 Å². The minimum Gasteiger partial charge on any atom is -0.396 e. The molecule has 0 radical (unpaired) electrons. The second-order valence-corrected chi connectivity index (χ2v) is 6.44. The number of carbonyl (C=O) groups is 1. The Balaban J connectivity index is 1.74. The number of carbonyl (C=O) groups excluding carboxylic acids is 1. The highest BCUT2D eigenvalue weighted by Crippen LogP contribution is 2.10. The average Bonchev–Trinajstić information content (AvgIpc) is 3.00. The summed E-state index contributed by atoms with van der Waals surface area (Å²) in [5.41, 5.74) is 0.685. The first kappa shape index (κ1) is 17.7. The Morgan fingerprint density at radius 3 is 2.74 bits per heavy atom. The molecule has 2 unspecified atom stereocenters. The fraction of sp³-hybridized carbons (Fsp3) is 0.750. The molecule has 3 N–H and O–H groups in total. The van der Waals surface area contributed by atoms with E-state index in [0.29, 0.717) is 5.69 Å². The van der Waals surface area contributed by atoms with Gasteiger partial charge >= 0.3 is 6.03 Å². The number of aliphatic hydroxyl groups is 1. The number of aliphatic hydroxyl groups excluding tert-OH is 1. The third kappa shape index (κ3) is 5.84. The molecule has 2 heterocycles. The number of hydrogen-bond donors (Lipinski definition) is 3. The topological polar surface area (TPSA) is 82.4 Å². The molecule has 2 rings (SSSR count). The molecule has 0 aliphatic carbocycles. The normalized spacial score (nSPS) is 18.4. The van der Waals surface area contributed by atoms with Crippen molar-refractivity contribution in [3.05, 3.63) is 12.4 Å². The third-order valence-electron chi connectivity index (χ3n) is 4.49. The van der Waals surface area contributed by atoms with Crippen molar-refractivity contribution in [2.45, 2.75) is 45.7 Å². The van der Waals surface area contributed by atoms with Gasteiger partial charge in [0.1, 0.15) is 0 Å². The number of anilines is 1. The summed E-state index contributed by atoms with van der Waals surface area (Å²) >= 11 is 0. The van der Waals surface area contributed by atoms with Gasteiger partial charge in [0.25, 0.3) is 0 Å². The largest absolute Gasteiger partial charge is 0.396 e. The van der Waals surface area contributed by atoms with Crippen LogP contribution in [0.3, 0.4) is 0 Å². The van der Waals surface area contributed by atoms with Crippen LogP contribution in [0.15, 0.2) is 12.4 Å². The minimum absolute atomic E-state index is 0.0213. The predicted molar refractivity (Wildman–Crippen MR) is 90.4 cm³/mol. The van der Waals surface area contributed by atoms with Crippen molar-refractivity contribution < 1.29 is 9.90 Å². The molecule has 0 aromatic carbocycles. The molecule has 2 amide bonds. The summed E-state index contributed by atoms with van der Waals surface area (Å²) in [7, 11) is 0. The summed E-state index contributed by atoms with van der Waals surface area (Å²) in [5, 5.41) is 19.0. The van der Waals surface area contributed by atoms with Gasteiger partial charge in [-0.15, -0.1) is 0 Å². The first-order valence-electron chi connectivity index (χ1n) is 8.51. The van der Waals surface area contributed by atoms with Crippen LogP contribution < -0.4 is 10.6 Å². The number of piperidine rings is 1. The van der Waals surface area contributed by atoms with Gasteiger partial charge in [-0.3, -0.25) is 4.68 Å². The molecular formula is C16H29N5O2. The minimum atomic E-state index is -0.270. The number of urea groups is 1. The Hall–Kier alpha value is -1.60. The number of nitrogens with one attached hydrogen (secondary N) is 2. The summed E-state index contributed by atoms with van der Waals surface area (Å²) in [6.07, 6.45) is 7.43. The molecule has 0 saturated carbocycles. The van der Waals surface area contributed by atoms with Crippen molar-refractivity contribution in [2.24, 2.45) is 5.92 Å². The molecule has 1 aliphatic heterocycles. The molecule has 1 fully saturated rings. The molecule has 2 atom stereocenters. The number of amides is 2. The zero-order chi connectivity index (χ0) is 16.7. The Kier molecular flexibility index (Phi) is 6.85. The summed E-state index contributed by atoms with van der Waals surface area (Å²) in [5.74, 6) is 0.0213. The summed E-state index contributed by atoms with van der Waals surface area (Å²) < 4.78 is 1.87. The van der Waals surface area contributed by atoms with Gasteiger partial charge in [-0.25, -0.2) is 4.79 Å². The van der Waals surface area contributed by atoms with E-state index in [9.17, 15) is 4.79 Å². The molecule has 0 bridgehead atoms. The van der Waals surface area contributed by atoms with Crippen molar-refractivity contribution in [3.8, 4) is 0 Å². The van der Waals surface area contributed by atoms with E-state index < -0.39 is 0 Å². The van der Waals surface area contributed by atoms with Crippen LogP contribution in [-0.4, -0.2) is 58.1 Å². The van der Waals surface area contributed by atoms with E-state index in [-0.39, 0.29) is 24.6 Å². The van der Waals surface area contributed by atoms with Crippen LogP contribution in [0.25, 0.3) is 0 Å². The predicted octanol–water partition coefficient (Wildman–Crippen LogP) is 1.51. The SMILES string of the molecule is CC(CO)C(C)NC(=O)Nc1cnn(CCN2CCCCC2)c1. The first-order chi connectivity index (χ1) is 11.1. The van der Waals surface area contributed by atoms with Crippen LogP contribution in [0.2, 0.25) is 0 Å². The van der Waals surface area contributed by atoms with E-state index in [4.69, 9.17) is 5.11 Å². The maximum absolute atomic E-state index is 11.9. The lowest BCUT2D eigenvalue weighted by Crippen LogP contribution is -2.40. The number of aromatic nitrogens is 2. The van der Waals surface area contributed by atoms with Gasteiger partial charge in [0.15, 0.2) is 0 Å². The molecule has 23 heavy (non-hydrogen) atoms. The van der Waals surface area contributed by atoms with Gasteiger partial charge in [0, 0.05) is 25.4 Å². The van der Waals surface area contributed by atoms with E-state index in [1.54, 1.807) is 6.20 Å². The Labute approximate surface area is 138 Å². The maximum Gasteiger partial charge on any atom is 0.319 e. The average molecular weight is 323 g/mol. The van der Waals surface area contributed by atoms with Crippen LogP contribution in [-0.2, 0) is 6.54 Å². The fourth-order valence-electron chi connectivity index (χ4n) is 2.65. The molecule has 130 valence electrons. The van der Waals surface area contributed by atoms with Gasteiger partial charge < -0.3 is 20.6 Å². The van der Waals surface area contributed by atoms with E-state index in [1.807, 2.05) is 24.7 Å². The highest BCUT2D eigenvalue weighted by Gasteiger charge is 2.14. The van der Waals surface area contributed by atoms with Crippen molar-refractivity contribution >= 4 is 11.7 Å². The monoisotopic (exact) mass is 323 g/mol. The highest BCUT2D eigenvalue weighted by atomic mass is 16.3. The number of likely N-dealkylation sites (tertiary alicyclic amines) is 1. The second-order valence-electron chi connectivity index (χ2n) is 6.44. The first-order valence-corrected chi connectivity index (χ1v) is 8.51. The van der Waals surface area contributed by atoms with Crippen molar-refractivity contribution in [3.63, 3.8) is 0 Å². The van der Waals surface area contributed by atoms with E-state index in [1.165, 1.54) is 32.4 Å². The van der Waals surface area contributed by atoms with Crippen LogP contribution in [0, 0.1) is 5.92 Å².